The summed E-state index contributed by atoms with van der Waals surface area (Å²) in [6.45, 7) is 8.38. The molecule has 2 nitrogen and oxygen atoms in total. The number of aliphatic hydroxyl groups excluding tert-OH is 1. The predicted molar refractivity (Wildman–Crippen MR) is 58.2 cm³/mol. The third-order valence-corrected chi connectivity index (χ3v) is 3.33. The Morgan fingerprint density at radius 1 is 1.29 bits per heavy atom. The molecule has 1 aliphatic heterocycles. The fourth-order valence-corrected chi connectivity index (χ4v) is 2.39. The highest BCUT2D eigenvalue weighted by molar-refractivity contribution is 4.77. The number of ether oxygens (including phenoxy) is 1. The van der Waals surface area contributed by atoms with Gasteiger partial charge in [-0.1, -0.05) is 13.8 Å². The normalized spacial score (nSPS) is 32.1. The molecule has 0 aromatic carbocycles. The SMILES string of the molecule is CC1CCC(CC(C(C)C)C(C)O)O1. The lowest BCUT2D eigenvalue weighted by Crippen LogP contribution is -2.27. The quantitative estimate of drug-likeness (QED) is 0.756. The van der Waals surface area contributed by atoms with Crippen LogP contribution in [-0.4, -0.2) is 23.4 Å². The van der Waals surface area contributed by atoms with Gasteiger partial charge in [-0.05, 0) is 44.9 Å². The van der Waals surface area contributed by atoms with E-state index in [4.69, 9.17) is 4.74 Å². The van der Waals surface area contributed by atoms with E-state index in [0.29, 0.717) is 24.0 Å². The lowest BCUT2D eigenvalue weighted by atomic mass is 9.85. The number of hydrogen-bond acceptors (Lipinski definition) is 2. The first-order valence-corrected chi connectivity index (χ1v) is 5.84. The zero-order valence-electron chi connectivity index (χ0n) is 9.86. The lowest BCUT2D eigenvalue weighted by Gasteiger charge is -2.26. The molecule has 0 bridgehead atoms. The van der Waals surface area contributed by atoms with Gasteiger partial charge in [0.2, 0.25) is 0 Å². The zero-order chi connectivity index (χ0) is 10.7. The van der Waals surface area contributed by atoms with Gasteiger partial charge in [0.05, 0.1) is 18.3 Å². The van der Waals surface area contributed by atoms with Crippen molar-refractivity contribution >= 4 is 0 Å². The van der Waals surface area contributed by atoms with Crippen LogP contribution in [0.4, 0.5) is 0 Å². The summed E-state index contributed by atoms with van der Waals surface area (Å²) in [6, 6.07) is 0. The Hall–Kier alpha value is -0.0800. The Morgan fingerprint density at radius 2 is 1.93 bits per heavy atom. The molecule has 2 heteroatoms. The van der Waals surface area contributed by atoms with Crippen molar-refractivity contribution in [2.24, 2.45) is 11.8 Å². The minimum atomic E-state index is -0.213. The minimum Gasteiger partial charge on any atom is -0.393 e. The van der Waals surface area contributed by atoms with Crippen LogP contribution in [-0.2, 0) is 4.74 Å². The van der Waals surface area contributed by atoms with Crippen LogP contribution in [0, 0.1) is 11.8 Å². The molecule has 84 valence electrons. The average Bonchev–Trinajstić information content (AvgIpc) is 2.46. The lowest BCUT2D eigenvalue weighted by molar-refractivity contribution is 0.00878. The first-order valence-electron chi connectivity index (χ1n) is 5.84. The van der Waals surface area contributed by atoms with E-state index in [0.717, 1.165) is 12.8 Å². The second-order valence-corrected chi connectivity index (χ2v) is 5.03. The predicted octanol–water partition coefficient (Wildman–Crippen LogP) is 2.60. The highest BCUT2D eigenvalue weighted by Crippen LogP contribution is 2.29. The minimum absolute atomic E-state index is 0.213. The molecule has 0 aromatic heterocycles. The summed E-state index contributed by atoms with van der Waals surface area (Å²) in [7, 11) is 0. The molecule has 1 saturated heterocycles. The van der Waals surface area contributed by atoms with Crippen LogP contribution in [0.1, 0.15) is 47.0 Å². The van der Waals surface area contributed by atoms with Crippen LogP contribution in [0.25, 0.3) is 0 Å². The van der Waals surface area contributed by atoms with E-state index < -0.39 is 0 Å². The molecule has 14 heavy (non-hydrogen) atoms. The smallest absolute Gasteiger partial charge is 0.0583 e. The van der Waals surface area contributed by atoms with Gasteiger partial charge >= 0.3 is 0 Å². The van der Waals surface area contributed by atoms with E-state index in [-0.39, 0.29) is 6.10 Å². The fourth-order valence-electron chi connectivity index (χ4n) is 2.39. The Morgan fingerprint density at radius 3 is 2.29 bits per heavy atom. The maximum absolute atomic E-state index is 9.65. The molecule has 1 N–H and O–H groups in total. The maximum Gasteiger partial charge on any atom is 0.0583 e. The molecule has 0 radical (unpaired) electrons. The van der Waals surface area contributed by atoms with Gasteiger partial charge in [-0.2, -0.15) is 0 Å². The Labute approximate surface area is 87.7 Å². The van der Waals surface area contributed by atoms with Crippen molar-refractivity contribution in [3.05, 3.63) is 0 Å². The van der Waals surface area contributed by atoms with E-state index in [1.807, 2.05) is 6.92 Å². The molecule has 0 amide bonds. The van der Waals surface area contributed by atoms with E-state index in [2.05, 4.69) is 20.8 Å². The summed E-state index contributed by atoms with van der Waals surface area (Å²) in [4.78, 5) is 0. The second-order valence-electron chi connectivity index (χ2n) is 5.03. The van der Waals surface area contributed by atoms with Gasteiger partial charge in [-0.3, -0.25) is 0 Å². The van der Waals surface area contributed by atoms with E-state index >= 15 is 0 Å². The van der Waals surface area contributed by atoms with E-state index in [1.165, 1.54) is 6.42 Å². The molecule has 1 rings (SSSR count). The molecule has 4 unspecified atom stereocenters. The summed E-state index contributed by atoms with van der Waals surface area (Å²) in [5, 5.41) is 9.65. The van der Waals surface area contributed by atoms with Crippen molar-refractivity contribution in [3.8, 4) is 0 Å². The van der Waals surface area contributed by atoms with Crippen molar-refractivity contribution in [1.29, 1.82) is 0 Å². The molecule has 0 saturated carbocycles. The largest absolute Gasteiger partial charge is 0.393 e. The van der Waals surface area contributed by atoms with Crippen molar-refractivity contribution in [2.45, 2.75) is 65.3 Å². The van der Waals surface area contributed by atoms with E-state index in [9.17, 15) is 5.11 Å². The molecular formula is C12H24O2. The summed E-state index contributed by atoms with van der Waals surface area (Å²) in [5.41, 5.74) is 0. The third kappa shape index (κ3) is 3.25. The zero-order valence-corrected chi connectivity index (χ0v) is 9.86. The van der Waals surface area contributed by atoms with Crippen molar-refractivity contribution in [2.75, 3.05) is 0 Å². The van der Waals surface area contributed by atoms with Crippen LogP contribution in [0.3, 0.4) is 0 Å². The Kier molecular flexibility index (Phi) is 4.39. The first-order chi connectivity index (χ1) is 6.50. The summed E-state index contributed by atoms with van der Waals surface area (Å²) in [5.74, 6) is 0.916. The topological polar surface area (TPSA) is 29.5 Å². The standard InChI is InChI=1S/C12H24O2/c1-8(2)12(10(4)13)7-11-6-5-9(3)14-11/h8-13H,5-7H2,1-4H3. The number of aliphatic hydroxyl groups is 1. The van der Waals surface area contributed by atoms with Gasteiger partial charge in [-0.15, -0.1) is 0 Å². The van der Waals surface area contributed by atoms with Crippen LogP contribution < -0.4 is 0 Å². The number of hydrogen-bond donors (Lipinski definition) is 1. The Bertz CT molecular complexity index is 158. The maximum atomic E-state index is 9.65. The Balaban J connectivity index is 2.40. The fraction of sp³-hybridized carbons (Fsp3) is 1.00. The van der Waals surface area contributed by atoms with Gasteiger partial charge in [0, 0.05) is 0 Å². The summed E-state index contributed by atoms with van der Waals surface area (Å²) in [6.07, 6.45) is 3.94. The first kappa shape index (κ1) is 12.0. The van der Waals surface area contributed by atoms with Gasteiger partial charge in [0.15, 0.2) is 0 Å². The average molecular weight is 200 g/mol. The van der Waals surface area contributed by atoms with Crippen LogP contribution in [0.2, 0.25) is 0 Å². The molecule has 1 fully saturated rings. The molecule has 1 heterocycles. The van der Waals surface area contributed by atoms with Gasteiger partial charge < -0.3 is 9.84 Å². The van der Waals surface area contributed by atoms with Crippen molar-refractivity contribution in [1.82, 2.24) is 0 Å². The molecule has 0 aromatic rings. The monoisotopic (exact) mass is 200 g/mol. The van der Waals surface area contributed by atoms with Gasteiger partial charge in [0.25, 0.3) is 0 Å². The molecule has 0 spiro atoms. The van der Waals surface area contributed by atoms with E-state index in [1.54, 1.807) is 0 Å². The van der Waals surface area contributed by atoms with Gasteiger partial charge in [0.1, 0.15) is 0 Å². The molecule has 4 atom stereocenters. The summed E-state index contributed by atoms with van der Waals surface area (Å²) >= 11 is 0. The second kappa shape index (κ2) is 5.13. The van der Waals surface area contributed by atoms with Crippen LogP contribution in [0.15, 0.2) is 0 Å². The van der Waals surface area contributed by atoms with Crippen molar-refractivity contribution < 1.29 is 9.84 Å². The highest BCUT2D eigenvalue weighted by Gasteiger charge is 2.28. The molecule has 1 aliphatic rings. The molecular weight excluding hydrogens is 176 g/mol. The van der Waals surface area contributed by atoms with Crippen LogP contribution >= 0.6 is 0 Å². The van der Waals surface area contributed by atoms with Gasteiger partial charge in [-0.25, -0.2) is 0 Å². The number of rotatable bonds is 4. The van der Waals surface area contributed by atoms with Crippen LogP contribution in [0.5, 0.6) is 0 Å². The molecule has 0 aliphatic carbocycles. The third-order valence-electron chi connectivity index (χ3n) is 3.33. The summed E-state index contributed by atoms with van der Waals surface area (Å²) < 4.78 is 5.78. The van der Waals surface area contributed by atoms with Crippen molar-refractivity contribution in [3.63, 3.8) is 0 Å². The highest BCUT2D eigenvalue weighted by atomic mass is 16.5.